The van der Waals surface area contributed by atoms with Crippen LogP contribution in [0.15, 0.2) is 29.1 Å². The van der Waals surface area contributed by atoms with E-state index in [1.807, 2.05) is 0 Å². The second kappa shape index (κ2) is 4.89. The molecule has 0 aliphatic carbocycles. The highest BCUT2D eigenvalue weighted by atomic mass is 19.1. The lowest BCUT2D eigenvalue weighted by Gasteiger charge is -2.07. The highest BCUT2D eigenvalue weighted by molar-refractivity contribution is 6.04. The second-order valence-electron chi connectivity index (χ2n) is 3.93. The van der Waals surface area contributed by atoms with E-state index in [2.05, 4.69) is 15.5 Å². The van der Waals surface area contributed by atoms with Crippen molar-refractivity contribution >= 4 is 17.4 Å². The zero-order valence-corrected chi connectivity index (χ0v) is 10.0. The van der Waals surface area contributed by atoms with Crippen molar-refractivity contribution in [3.05, 3.63) is 51.6 Å². The minimum absolute atomic E-state index is 0.0774. The van der Waals surface area contributed by atoms with Crippen molar-refractivity contribution in [1.29, 1.82) is 0 Å². The van der Waals surface area contributed by atoms with Gasteiger partial charge in [-0.3, -0.25) is 9.59 Å². The van der Waals surface area contributed by atoms with Crippen LogP contribution in [0.25, 0.3) is 0 Å². The molecule has 98 valence electrons. The number of amides is 1. The Balaban J connectivity index is 2.25. The van der Waals surface area contributed by atoms with E-state index in [0.29, 0.717) is 5.56 Å². The van der Waals surface area contributed by atoms with Gasteiger partial charge in [-0.25, -0.2) is 9.49 Å². The first-order valence-electron chi connectivity index (χ1n) is 5.40. The van der Waals surface area contributed by atoms with Gasteiger partial charge in [-0.1, -0.05) is 0 Å². The maximum Gasteiger partial charge on any atom is 0.264 e. The number of carbonyl (C=O) groups excluding carboxylic acids is 1. The van der Waals surface area contributed by atoms with Crippen molar-refractivity contribution in [3.63, 3.8) is 0 Å². The minimum atomic E-state index is -0.565. The van der Waals surface area contributed by atoms with Gasteiger partial charge in [-0.15, -0.1) is 0 Å². The van der Waals surface area contributed by atoms with Gasteiger partial charge in [0.2, 0.25) is 0 Å². The van der Waals surface area contributed by atoms with Gasteiger partial charge in [-0.05, 0) is 25.1 Å². The number of H-pyrrole nitrogens is 1. The fourth-order valence-electron chi connectivity index (χ4n) is 1.43. The quantitative estimate of drug-likeness (QED) is 0.704. The number of hydrogen-bond donors (Lipinski definition) is 3. The van der Waals surface area contributed by atoms with Crippen molar-refractivity contribution in [3.8, 4) is 0 Å². The number of anilines is 2. The van der Waals surface area contributed by atoms with Gasteiger partial charge < -0.3 is 11.1 Å². The van der Waals surface area contributed by atoms with Crippen LogP contribution in [0.3, 0.4) is 0 Å². The van der Waals surface area contributed by atoms with Crippen LogP contribution in [0.4, 0.5) is 15.9 Å². The Labute approximate surface area is 107 Å². The van der Waals surface area contributed by atoms with Crippen LogP contribution in [0.1, 0.15) is 15.9 Å². The highest BCUT2D eigenvalue weighted by Crippen LogP contribution is 2.18. The highest BCUT2D eigenvalue weighted by Gasteiger charge is 2.11. The molecule has 1 aromatic heterocycles. The van der Waals surface area contributed by atoms with Crippen molar-refractivity contribution in [2.45, 2.75) is 6.92 Å². The average molecular weight is 262 g/mol. The molecule has 0 radical (unpaired) electrons. The third-order valence-electron chi connectivity index (χ3n) is 2.57. The van der Waals surface area contributed by atoms with E-state index in [1.165, 1.54) is 25.1 Å². The smallest absolute Gasteiger partial charge is 0.264 e. The number of hydrogen-bond acceptors (Lipinski definition) is 4. The van der Waals surface area contributed by atoms with Crippen LogP contribution >= 0.6 is 0 Å². The van der Waals surface area contributed by atoms with Gasteiger partial charge in [0, 0.05) is 22.9 Å². The summed E-state index contributed by atoms with van der Waals surface area (Å²) in [5, 5.41) is 8.20. The number of nitrogens with one attached hydrogen (secondary N) is 2. The number of aromatic nitrogens is 2. The monoisotopic (exact) mass is 262 g/mol. The Kier molecular flexibility index (Phi) is 3.28. The van der Waals surface area contributed by atoms with Crippen LogP contribution in [-0.2, 0) is 0 Å². The molecule has 0 aliphatic rings. The third-order valence-corrected chi connectivity index (χ3v) is 2.57. The number of benzene rings is 1. The minimum Gasteiger partial charge on any atom is -0.398 e. The maximum atomic E-state index is 13.5. The van der Waals surface area contributed by atoms with Crippen LogP contribution in [0.5, 0.6) is 0 Å². The first-order valence-corrected chi connectivity index (χ1v) is 5.40. The molecule has 2 aromatic rings. The first-order chi connectivity index (χ1) is 8.97. The molecule has 1 amide bonds. The Morgan fingerprint density at radius 1 is 1.42 bits per heavy atom. The van der Waals surface area contributed by atoms with E-state index >= 15 is 0 Å². The molecule has 19 heavy (non-hydrogen) atoms. The summed E-state index contributed by atoms with van der Waals surface area (Å²) >= 11 is 0. The normalized spacial score (nSPS) is 10.2. The Bertz CT molecular complexity index is 653. The molecule has 0 aliphatic heterocycles. The Morgan fingerprint density at radius 2 is 2.16 bits per heavy atom. The van der Waals surface area contributed by atoms with Crippen molar-refractivity contribution in [2.24, 2.45) is 0 Å². The Hall–Kier alpha value is -2.70. The summed E-state index contributed by atoms with van der Waals surface area (Å²) in [5.74, 6) is -0.964. The standard InChI is InChI=1S/C12H11FN4O2/c1-6-8(13)4-7(5-9(6)14)12(19)15-10-2-3-11(18)17-16-10/h2-5H,14H2,1H3,(H,17,18)(H,15,16,19). The van der Waals surface area contributed by atoms with Crippen LogP contribution in [0, 0.1) is 12.7 Å². The molecule has 6 nitrogen and oxygen atoms in total. The molecule has 0 atom stereocenters. The van der Waals surface area contributed by atoms with Crippen molar-refractivity contribution < 1.29 is 9.18 Å². The number of rotatable bonds is 2. The van der Waals surface area contributed by atoms with Crippen LogP contribution in [0.2, 0.25) is 0 Å². The number of aromatic amines is 1. The zero-order chi connectivity index (χ0) is 14.0. The molecular weight excluding hydrogens is 251 g/mol. The molecule has 0 saturated heterocycles. The van der Waals surface area contributed by atoms with Gasteiger partial charge in [0.1, 0.15) is 5.82 Å². The molecule has 0 bridgehead atoms. The Morgan fingerprint density at radius 3 is 2.74 bits per heavy atom. The number of nitrogens with zero attached hydrogens (tertiary/aromatic N) is 1. The van der Waals surface area contributed by atoms with Crippen molar-refractivity contribution in [1.82, 2.24) is 10.2 Å². The largest absolute Gasteiger partial charge is 0.398 e. The maximum absolute atomic E-state index is 13.5. The molecule has 4 N–H and O–H groups in total. The summed E-state index contributed by atoms with van der Waals surface area (Å²) in [6, 6.07) is 5.02. The summed E-state index contributed by atoms with van der Waals surface area (Å²) in [5.41, 5.74) is 5.77. The molecule has 1 aromatic carbocycles. The van der Waals surface area contributed by atoms with Crippen molar-refractivity contribution in [2.75, 3.05) is 11.1 Å². The van der Waals surface area contributed by atoms with E-state index in [1.54, 1.807) is 0 Å². The van der Waals surface area contributed by atoms with Gasteiger partial charge in [-0.2, -0.15) is 5.10 Å². The van der Waals surface area contributed by atoms with Gasteiger partial charge >= 0.3 is 0 Å². The number of carbonyl (C=O) groups is 1. The van der Waals surface area contributed by atoms with E-state index in [9.17, 15) is 14.0 Å². The predicted octanol–water partition coefficient (Wildman–Crippen LogP) is 1.05. The molecule has 1 heterocycles. The molecule has 2 rings (SSSR count). The fourth-order valence-corrected chi connectivity index (χ4v) is 1.43. The average Bonchev–Trinajstić information content (AvgIpc) is 2.38. The number of nitrogens with two attached hydrogens (primary N) is 1. The lowest BCUT2D eigenvalue weighted by Crippen LogP contribution is -2.16. The van der Waals surface area contributed by atoms with Gasteiger partial charge in [0.05, 0.1) is 0 Å². The topological polar surface area (TPSA) is 101 Å². The number of nitrogen functional groups attached to an aromatic ring is 1. The second-order valence-corrected chi connectivity index (χ2v) is 3.93. The summed E-state index contributed by atoms with van der Waals surface area (Å²) < 4.78 is 13.5. The van der Waals surface area contributed by atoms with E-state index in [-0.39, 0.29) is 22.6 Å². The SMILES string of the molecule is Cc1c(N)cc(C(=O)Nc2ccc(=O)[nH]n2)cc1F. The summed E-state index contributed by atoms with van der Waals surface area (Å²) in [7, 11) is 0. The molecule has 0 unspecified atom stereocenters. The molecule has 7 heteroatoms. The molecule has 0 saturated carbocycles. The van der Waals surface area contributed by atoms with E-state index in [0.717, 1.165) is 6.07 Å². The first kappa shape index (κ1) is 12.7. The lowest BCUT2D eigenvalue weighted by molar-refractivity contribution is 0.102. The van der Waals surface area contributed by atoms with Crippen LogP contribution < -0.4 is 16.6 Å². The van der Waals surface area contributed by atoms with E-state index < -0.39 is 11.7 Å². The lowest BCUT2D eigenvalue weighted by atomic mass is 10.1. The zero-order valence-electron chi connectivity index (χ0n) is 10.0. The molecular formula is C12H11FN4O2. The molecule has 0 fully saturated rings. The summed E-state index contributed by atoms with van der Waals surface area (Å²) in [4.78, 5) is 22.7. The van der Waals surface area contributed by atoms with Gasteiger partial charge in [0.25, 0.3) is 11.5 Å². The van der Waals surface area contributed by atoms with Crippen LogP contribution in [-0.4, -0.2) is 16.1 Å². The summed E-state index contributed by atoms with van der Waals surface area (Å²) in [6.07, 6.45) is 0. The third kappa shape index (κ3) is 2.76. The van der Waals surface area contributed by atoms with Gasteiger partial charge in [0.15, 0.2) is 5.82 Å². The van der Waals surface area contributed by atoms with E-state index in [4.69, 9.17) is 5.73 Å². The predicted molar refractivity (Wildman–Crippen MR) is 68.4 cm³/mol. The summed E-state index contributed by atoms with van der Waals surface area (Å²) in [6.45, 7) is 1.52. The molecule has 0 spiro atoms. The fraction of sp³-hybridized carbons (Fsp3) is 0.0833. The number of halogens is 1.